The van der Waals surface area contributed by atoms with Crippen LogP contribution in [0.4, 0.5) is 4.79 Å². The van der Waals surface area contributed by atoms with Crippen molar-refractivity contribution in [1.82, 2.24) is 15.2 Å². The third kappa shape index (κ3) is 9.34. The summed E-state index contributed by atoms with van der Waals surface area (Å²) >= 11 is 0. The molecule has 1 N–H and O–H groups in total. The number of nitrogens with zero attached hydrogens (tertiary/aromatic N) is 2. The van der Waals surface area contributed by atoms with Gasteiger partial charge >= 0.3 is 12.1 Å². The molecule has 1 rings (SSSR count). The number of hydrogen-bond acceptors (Lipinski definition) is 6. The van der Waals surface area contributed by atoms with Crippen molar-refractivity contribution in [3.05, 3.63) is 30.1 Å². The van der Waals surface area contributed by atoms with Crippen LogP contribution in [0.15, 0.2) is 24.5 Å². The van der Waals surface area contributed by atoms with Crippen LogP contribution in [0.1, 0.15) is 46.1 Å². The summed E-state index contributed by atoms with van der Waals surface area (Å²) in [5.41, 5.74) is 0.306. The minimum absolute atomic E-state index is 0.180. The SMILES string of the molecule is CCOC(=O)[C@@H](Cc1ccncc1)NC(=O)CCCN(C)C(=O)OC(C)(C)C. The molecular formula is C20H31N3O5. The number of esters is 1. The summed E-state index contributed by atoms with van der Waals surface area (Å²) < 4.78 is 10.3. The first-order valence-electron chi connectivity index (χ1n) is 9.41. The Morgan fingerprint density at radius 1 is 1.21 bits per heavy atom. The first-order chi connectivity index (χ1) is 13.1. The molecule has 1 heterocycles. The molecule has 0 aliphatic heterocycles. The van der Waals surface area contributed by atoms with Crippen molar-refractivity contribution in [3.63, 3.8) is 0 Å². The van der Waals surface area contributed by atoms with Gasteiger partial charge in [-0.25, -0.2) is 9.59 Å². The van der Waals surface area contributed by atoms with E-state index in [4.69, 9.17) is 9.47 Å². The smallest absolute Gasteiger partial charge is 0.410 e. The zero-order valence-electron chi connectivity index (χ0n) is 17.4. The topological polar surface area (TPSA) is 97.8 Å². The summed E-state index contributed by atoms with van der Waals surface area (Å²) in [7, 11) is 1.62. The minimum atomic E-state index is -0.765. The van der Waals surface area contributed by atoms with E-state index in [1.54, 1.807) is 59.3 Å². The first-order valence-corrected chi connectivity index (χ1v) is 9.41. The Balaban J connectivity index is 2.51. The average molecular weight is 393 g/mol. The molecule has 0 aliphatic carbocycles. The average Bonchev–Trinajstić information content (AvgIpc) is 2.60. The molecule has 0 aliphatic rings. The normalized spacial score (nSPS) is 12.0. The molecule has 1 aromatic heterocycles. The summed E-state index contributed by atoms with van der Waals surface area (Å²) in [5.74, 6) is -0.747. The second-order valence-electron chi connectivity index (χ2n) is 7.44. The highest BCUT2D eigenvalue weighted by atomic mass is 16.6. The highest BCUT2D eigenvalue weighted by Crippen LogP contribution is 2.10. The Kier molecular flexibility index (Phi) is 9.41. The van der Waals surface area contributed by atoms with Gasteiger partial charge in [0.05, 0.1) is 6.61 Å². The lowest BCUT2D eigenvalue weighted by Gasteiger charge is -2.24. The minimum Gasteiger partial charge on any atom is -0.464 e. The van der Waals surface area contributed by atoms with Crippen molar-refractivity contribution in [2.24, 2.45) is 0 Å². The van der Waals surface area contributed by atoms with E-state index >= 15 is 0 Å². The number of nitrogens with one attached hydrogen (secondary N) is 1. The zero-order chi connectivity index (χ0) is 21.2. The summed E-state index contributed by atoms with van der Waals surface area (Å²) in [5, 5.41) is 2.72. The van der Waals surface area contributed by atoms with E-state index in [1.165, 1.54) is 4.90 Å². The Hall–Kier alpha value is -2.64. The molecule has 0 radical (unpaired) electrons. The number of hydrogen-bond donors (Lipinski definition) is 1. The van der Waals surface area contributed by atoms with Crippen molar-refractivity contribution in [1.29, 1.82) is 0 Å². The third-order valence-electron chi connectivity index (χ3n) is 3.70. The predicted octanol–water partition coefficient (Wildman–Crippen LogP) is 2.32. The monoisotopic (exact) mass is 393 g/mol. The molecule has 156 valence electrons. The van der Waals surface area contributed by atoms with Crippen molar-refractivity contribution >= 4 is 18.0 Å². The van der Waals surface area contributed by atoms with Crippen molar-refractivity contribution < 1.29 is 23.9 Å². The van der Waals surface area contributed by atoms with Crippen LogP contribution in [0.2, 0.25) is 0 Å². The van der Waals surface area contributed by atoms with Gasteiger partial charge in [-0.1, -0.05) is 0 Å². The molecule has 1 aromatic rings. The molecule has 8 nitrogen and oxygen atoms in total. The molecule has 0 saturated heterocycles. The number of carbonyl (C=O) groups excluding carboxylic acids is 3. The summed E-state index contributed by atoms with van der Waals surface area (Å²) in [6.07, 6.45) is 3.78. The molecule has 8 heteroatoms. The van der Waals surface area contributed by atoms with E-state index in [-0.39, 0.29) is 18.9 Å². The van der Waals surface area contributed by atoms with Crippen molar-refractivity contribution in [2.75, 3.05) is 20.2 Å². The van der Waals surface area contributed by atoms with Gasteiger partial charge in [0.2, 0.25) is 5.91 Å². The van der Waals surface area contributed by atoms with Gasteiger partial charge in [0.1, 0.15) is 11.6 Å². The fraction of sp³-hybridized carbons (Fsp3) is 0.600. The van der Waals surface area contributed by atoms with Gasteiger partial charge in [0, 0.05) is 38.8 Å². The fourth-order valence-electron chi connectivity index (χ4n) is 2.37. The van der Waals surface area contributed by atoms with Crippen LogP contribution in [0.25, 0.3) is 0 Å². The Morgan fingerprint density at radius 3 is 2.43 bits per heavy atom. The summed E-state index contributed by atoms with van der Waals surface area (Å²) in [4.78, 5) is 41.7. The molecule has 0 bridgehead atoms. The lowest BCUT2D eigenvalue weighted by molar-refractivity contribution is -0.147. The fourth-order valence-corrected chi connectivity index (χ4v) is 2.37. The molecule has 0 aromatic carbocycles. The number of carbonyl (C=O) groups is 3. The van der Waals surface area contributed by atoms with Gasteiger partial charge in [-0.15, -0.1) is 0 Å². The van der Waals surface area contributed by atoms with Gasteiger partial charge in [-0.2, -0.15) is 0 Å². The molecule has 28 heavy (non-hydrogen) atoms. The molecule has 0 saturated carbocycles. The van der Waals surface area contributed by atoms with Crippen LogP contribution < -0.4 is 5.32 Å². The van der Waals surface area contributed by atoms with Crippen LogP contribution in [0.3, 0.4) is 0 Å². The van der Waals surface area contributed by atoms with E-state index in [0.29, 0.717) is 19.4 Å². The van der Waals surface area contributed by atoms with Gasteiger partial charge in [-0.05, 0) is 51.8 Å². The van der Waals surface area contributed by atoms with Crippen molar-refractivity contribution in [2.45, 2.75) is 58.6 Å². The van der Waals surface area contributed by atoms with E-state index in [0.717, 1.165) is 5.56 Å². The highest BCUT2D eigenvalue weighted by Gasteiger charge is 2.23. The van der Waals surface area contributed by atoms with Crippen LogP contribution in [0.5, 0.6) is 0 Å². The van der Waals surface area contributed by atoms with Crippen LogP contribution >= 0.6 is 0 Å². The van der Waals surface area contributed by atoms with Gasteiger partial charge < -0.3 is 19.7 Å². The quantitative estimate of drug-likeness (QED) is 0.647. The lowest BCUT2D eigenvalue weighted by atomic mass is 10.1. The molecular weight excluding hydrogens is 362 g/mol. The second-order valence-corrected chi connectivity index (χ2v) is 7.44. The molecule has 0 unspecified atom stereocenters. The molecule has 1 atom stereocenters. The van der Waals surface area contributed by atoms with Crippen LogP contribution in [0, 0.1) is 0 Å². The van der Waals surface area contributed by atoms with Gasteiger partial charge in [0.25, 0.3) is 0 Å². The van der Waals surface area contributed by atoms with Crippen LogP contribution in [-0.2, 0) is 25.5 Å². The predicted molar refractivity (Wildman–Crippen MR) is 105 cm³/mol. The molecule has 2 amide bonds. The van der Waals surface area contributed by atoms with Crippen molar-refractivity contribution in [3.8, 4) is 0 Å². The number of amides is 2. The first kappa shape index (κ1) is 23.4. The Morgan fingerprint density at radius 2 is 1.86 bits per heavy atom. The number of aromatic nitrogens is 1. The molecule has 0 spiro atoms. The Labute approximate surface area is 166 Å². The third-order valence-corrected chi connectivity index (χ3v) is 3.70. The number of pyridine rings is 1. The zero-order valence-corrected chi connectivity index (χ0v) is 17.4. The lowest BCUT2D eigenvalue weighted by Crippen LogP contribution is -2.43. The standard InChI is InChI=1S/C20H31N3O5/c1-6-27-18(25)16(14-15-9-11-21-12-10-15)22-17(24)8-7-13-23(5)19(26)28-20(2,3)4/h9-12,16H,6-8,13-14H2,1-5H3,(H,22,24)/t16-/m1/s1. The summed E-state index contributed by atoms with van der Waals surface area (Å²) in [6, 6.07) is 2.81. The Bertz CT molecular complexity index is 643. The van der Waals surface area contributed by atoms with E-state index < -0.39 is 23.7 Å². The van der Waals surface area contributed by atoms with E-state index in [2.05, 4.69) is 10.3 Å². The van der Waals surface area contributed by atoms with E-state index in [1.807, 2.05) is 0 Å². The maximum atomic E-state index is 12.3. The van der Waals surface area contributed by atoms with Gasteiger partial charge in [0.15, 0.2) is 0 Å². The second kappa shape index (κ2) is 11.3. The maximum Gasteiger partial charge on any atom is 0.410 e. The van der Waals surface area contributed by atoms with Gasteiger partial charge in [-0.3, -0.25) is 9.78 Å². The number of ether oxygens (including phenoxy) is 2. The maximum absolute atomic E-state index is 12.3. The van der Waals surface area contributed by atoms with Crippen LogP contribution in [-0.4, -0.2) is 59.7 Å². The molecule has 0 fully saturated rings. The number of rotatable bonds is 9. The largest absolute Gasteiger partial charge is 0.464 e. The highest BCUT2D eigenvalue weighted by molar-refractivity contribution is 5.84. The van der Waals surface area contributed by atoms with E-state index in [9.17, 15) is 14.4 Å². The summed E-state index contributed by atoms with van der Waals surface area (Å²) in [6.45, 7) is 7.72.